The summed E-state index contributed by atoms with van der Waals surface area (Å²) in [6.45, 7) is 11.3. The monoisotopic (exact) mass is 203 g/mol. The van der Waals surface area contributed by atoms with E-state index in [0.29, 0.717) is 0 Å². The standard InChI is InChI=1S/C14H21N/c1-9(2)5-13-10(3)6-12-7-15-8-14(12)11(13)4/h6,9,15H,5,7-8H2,1-4H3. The third kappa shape index (κ3) is 1.93. The highest BCUT2D eigenvalue weighted by molar-refractivity contribution is 5.46. The van der Waals surface area contributed by atoms with E-state index in [9.17, 15) is 0 Å². The summed E-state index contributed by atoms with van der Waals surface area (Å²) in [5.74, 6) is 0.745. The Kier molecular flexibility index (Phi) is 2.83. The lowest BCUT2D eigenvalue weighted by atomic mass is 9.89. The fourth-order valence-electron chi connectivity index (χ4n) is 2.60. The second-order valence-electron chi connectivity index (χ2n) is 5.14. The molecule has 0 atom stereocenters. The summed E-state index contributed by atoms with van der Waals surface area (Å²) < 4.78 is 0. The number of nitrogens with one attached hydrogen (secondary N) is 1. The molecule has 0 unspecified atom stereocenters. The van der Waals surface area contributed by atoms with Crippen LogP contribution in [-0.2, 0) is 19.5 Å². The van der Waals surface area contributed by atoms with Gasteiger partial charge in [0.15, 0.2) is 0 Å². The molecule has 1 aliphatic rings. The van der Waals surface area contributed by atoms with E-state index in [-0.39, 0.29) is 0 Å². The van der Waals surface area contributed by atoms with Gasteiger partial charge in [-0.15, -0.1) is 0 Å². The topological polar surface area (TPSA) is 12.0 Å². The zero-order valence-corrected chi connectivity index (χ0v) is 10.3. The van der Waals surface area contributed by atoms with E-state index in [0.717, 1.165) is 19.0 Å². The Morgan fingerprint density at radius 2 is 2.00 bits per heavy atom. The molecular weight excluding hydrogens is 182 g/mol. The Balaban J connectivity index is 2.46. The van der Waals surface area contributed by atoms with Crippen LogP contribution in [0.2, 0.25) is 0 Å². The van der Waals surface area contributed by atoms with Gasteiger partial charge in [-0.2, -0.15) is 0 Å². The average Bonchev–Trinajstić information content (AvgIpc) is 2.59. The highest BCUT2D eigenvalue weighted by atomic mass is 14.9. The van der Waals surface area contributed by atoms with Crippen LogP contribution in [0, 0.1) is 19.8 Å². The minimum absolute atomic E-state index is 0.745. The molecule has 15 heavy (non-hydrogen) atoms. The molecule has 2 rings (SSSR count). The zero-order chi connectivity index (χ0) is 11.0. The SMILES string of the molecule is Cc1cc2c(c(C)c1CC(C)C)CNC2. The van der Waals surface area contributed by atoms with Crippen LogP contribution >= 0.6 is 0 Å². The summed E-state index contributed by atoms with van der Waals surface area (Å²) in [6.07, 6.45) is 1.21. The van der Waals surface area contributed by atoms with E-state index in [1.165, 1.54) is 23.1 Å². The second kappa shape index (κ2) is 3.97. The molecule has 1 aliphatic heterocycles. The summed E-state index contributed by atoms with van der Waals surface area (Å²) in [6, 6.07) is 2.38. The number of hydrogen-bond donors (Lipinski definition) is 1. The van der Waals surface area contributed by atoms with Crippen LogP contribution in [0.25, 0.3) is 0 Å². The molecule has 1 aromatic rings. The van der Waals surface area contributed by atoms with Crippen molar-refractivity contribution in [3.63, 3.8) is 0 Å². The first-order valence-electron chi connectivity index (χ1n) is 5.91. The number of fused-ring (bicyclic) bond motifs is 1. The molecule has 0 saturated heterocycles. The van der Waals surface area contributed by atoms with Crippen molar-refractivity contribution >= 4 is 0 Å². The fourth-order valence-corrected chi connectivity index (χ4v) is 2.60. The van der Waals surface area contributed by atoms with E-state index >= 15 is 0 Å². The van der Waals surface area contributed by atoms with Gasteiger partial charge in [-0.25, -0.2) is 0 Å². The molecule has 1 heteroatoms. The van der Waals surface area contributed by atoms with Crippen LogP contribution in [0.15, 0.2) is 6.07 Å². The van der Waals surface area contributed by atoms with Crippen LogP contribution in [0.4, 0.5) is 0 Å². The third-order valence-corrected chi connectivity index (χ3v) is 3.39. The predicted octanol–water partition coefficient (Wildman–Crippen LogP) is 3.11. The van der Waals surface area contributed by atoms with E-state index in [1.807, 2.05) is 0 Å². The first-order chi connectivity index (χ1) is 7.09. The van der Waals surface area contributed by atoms with Crippen LogP contribution < -0.4 is 5.32 Å². The van der Waals surface area contributed by atoms with E-state index in [2.05, 4.69) is 39.1 Å². The molecule has 1 N–H and O–H groups in total. The van der Waals surface area contributed by atoms with E-state index in [4.69, 9.17) is 0 Å². The number of rotatable bonds is 2. The molecule has 1 nitrogen and oxygen atoms in total. The first-order valence-corrected chi connectivity index (χ1v) is 5.91. The van der Waals surface area contributed by atoms with Gasteiger partial charge < -0.3 is 5.32 Å². The summed E-state index contributed by atoms with van der Waals surface area (Å²) >= 11 is 0. The average molecular weight is 203 g/mol. The predicted molar refractivity (Wildman–Crippen MR) is 65.0 cm³/mol. The van der Waals surface area contributed by atoms with Crippen molar-refractivity contribution in [1.29, 1.82) is 0 Å². The zero-order valence-electron chi connectivity index (χ0n) is 10.3. The molecule has 0 amide bonds. The van der Waals surface area contributed by atoms with Crippen molar-refractivity contribution in [3.8, 4) is 0 Å². The third-order valence-electron chi connectivity index (χ3n) is 3.39. The fraction of sp³-hybridized carbons (Fsp3) is 0.571. The van der Waals surface area contributed by atoms with Crippen molar-refractivity contribution in [2.24, 2.45) is 5.92 Å². The lowest BCUT2D eigenvalue weighted by molar-refractivity contribution is 0.641. The molecule has 1 aromatic carbocycles. The Bertz CT molecular complexity index is 377. The summed E-state index contributed by atoms with van der Waals surface area (Å²) in [7, 11) is 0. The van der Waals surface area contributed by atoms with Gasteiger partial charge in [0.25, 0.3) is 0 Å². The number of benzene rings is 1. The normalized spacial score (nSPS) is 14.7. The minimum Gasteiger partial charge on any atom is -0.309 e. The Morgan fingerprint density at radius 3 is 2.67 bits per heavy atom. The van der Waals surface area contributed by atoms with Gasteiger partial charge in [0.05, 0.1) is 0 Å². The van der Waals surface area contributed by atoms with Gasteiger partial charge >= 0.3 is 0 Å². The van der Waals surface area contributed by atoms with Gasteiger partial charge in [-0.3, -0.25) is 0 Å². The highest BCUT2D eigenvalue weighted by Gasteiger charge is 2.17. The van der Waals surface area contributed by atoms with Crippen molar-refractivity contribution in [3.05, 3.63) is 33.9 Å². The summed E-state index contributed by atoms with van der Waals surface area (Å²) in [5.41, 5.74) is 7.65. The minimum atomic E-state index is 0.745. The summed E-state index contributed by atoms with van der Waals surface area (Å²) in [4.78, 5) is 0. The van der Waals surface area contributed by atoms with Crippen molar-refractivity contribution in [1.82, 2.24) is 5.32 Å². The molecule has 0 fully saturated rings. The quantitative estimate of drug-likeness (QED) is 0.778. The van der Waals surface area contributed by atoms with Crippen LogP contribution in [-0.4, -0.2) is 0 Å². The molecular formula is C14H21N. The molecule has 0 aliphatic carbocycles. The maximum Gasteiger partial charge on any atom is 0.0214 e. The van der Waals surface area contributed by atoms with Gasteiger partial charge in [-0.05, 0) is 54.0 Å². The number of hydrogen-bond acceptors (Lipinski definition) is 1. The summed E-state index contributed by atoms with van der Waals surface area (Å²) in [5, 5.41) is 3.44. The molecule has 0 bridgehead atoms. The molecule has 1 heterocycles. The first kappa shape index (κ1) is 10.7. The largest absolute Gasteiger partial charge is 0.309 e. The molecule has 82 valence electrons. The van der Waals surface area contributed by atoms with Gasteiger partial charge in [-0.1, -0.05) is 19.9 Å². The van der Waals surface area contributed by atoms with Gasteiger partial charge in [0.2, 0.25) is 0 Å². The van der Waals surface area contributed by atoms with Gasteiger partial charge in [0.1, 0.15) is 0 Å². The molecule has 0 saturated carbocycles. The maximum absolute atomic E-state index is 3.44. The second-order valence-corrected chi connectivity index (χ2v) is 5.14. The van der Waals surface area contributed by atoms with Gasteiger partial charge in [0, 0.05) is 13.1 Å². The maximum atomic E-state index is 3.44. The Labute approximate surface area is 92.9 Å². The highest BCUT2D eigenvalue weighted by Crippen LogP contribution is 2.27. The smallest absolute Gasteiger partial charge is 0.0214 e. The molecule has 0 aromatic heterocycles. The van der Waals surface area contributed by atoms with Crippen molar-refractivity contribution in [2.75, 3.05) is 0 Å². The van der Waals surface area contributed by atoms with Crippen LogP contribution in [0.1, 0.15) is 41.7 Å². The lowest BCUT2D eigenvalue weighted by Crippen LogP contribution is -2.04. The van der Waals surface area contributed by atoms with Crippen molar-refractivity contribution in [2.45, 2.75) is 47.2 Å². The van der Waals surface area contributed by atoms with Crippen LogP contribution in [0.5, 0.6) is 0 Å². The van der Waals surface area contributed by atoms with Crippen molar-refractivity contribution < 1.29 is 0 Å². The van der Waals surface area contributed by atoms with E-state index in [1.54, 1.807) is 11.1 Å². The molecule has 0 spiro atoms. The number of aryl methyl sites for hydroxylation is 1. The van der Waals surface area contributed by atoms with Crippen LogP contribution in [0.3, 0.4) is 0 Å². The Hall–Kier alpha value is -0.820. The van der Waals surface area contributed by atoms with E-state index < -0.39 is 0 Å². The Morgan fingerprint density at radius 1 is 1.27 bits per heavy atom. The lowest BCUT2D eigenvalue weighted by Gasteiger charge is -2.16. The molecule has 0 radical (unpaired) electrons.